The van der Waals surface area contributed by atoms with Crippen molar-refractivity contribution in [2.45, 2.75) is 32.2 Å². The van der Waals surface area contributed by atoms with Gasteiger partial charge in [0.15, 0.2) is 0 Å². The zero-order valence-corrected chi connectivity index (χ0v) is 6.89. The van der Waals surface area contributed by atoms with Crippen LogP contribution in [0.25, 0.3) is 0 Å². The summed E-state index contributed by atoms with van der Waals surface area (Å²) in [5, 5.41) is 0. The van der Waals surface area contributed by atoms with Crippen molar-refractivity contribution in [3.63, 3.8) is 0 Å². The van der Waals surface area contributed by atoms with E-state index in [1.165, 1.54) is 0 Å². The van der Waals surface area contributed by atoms with Crippen LogP contribution in [0, 0.1) is 0 Å². The van der Waals surface area contributed by atoms with Crippen LogP contribution in [0.1, 0.15) is 26.2 Å². The van der Waals surface area contributed by atoms with Crippen molar-refractivity contribution in [3.05, 3.63) is 0 Å². The van der Waals surface area contributed by atoms with Gasteiger partial charge in [0.1, 0.15) is 0 Å². The third-order valence-corrected chi connectivity index (χ3v) is 3.10. The summed E-state index contributed by atoms with van der Waals surface area (Å²) in [6, 6.07) is 0.116. The Balaban J connectivity index is 2.36. The largest absolute Gasteiger partial charge is 0.227 e. The second-order valence-corrected chi connectivity index (χ2v) is 4.51. The summed E-state index contributed by atoms with van der Waals surface area (Å²) in [5.41, 5.74) is 0. The van der Waals surface area contributed by atoms with Gasteiger partial charge in [0.25, 0.3) is 0 Å². The van der Waals surface area contributed by atoms with Gasteiger partial charge in [-0.05, 0) is 19.8 Å². The summed E-state index contributed by atoms with van der Waals surface area (Å²) < 4.78 is 25.4. The van der Waals surface area contributed by atoms with Crippen LogP contribution in [0.3, 0.4) is 0 Å². The van der Waals surface area contributed by atoms with Gasteiger partial charge in [-0.15, -0.1) is 4.72 Å². The molecule has 4 heteroatoms. The van der Waals surface area contributed by atoms with E-state index in [0.29, 0.717) is 0 Å². The van der Waals surface area contributed by atoms with E-state index >= 15 is 0 Å². The molecular weight excluding hydrogens is 150 g/mol. The molecule has 0 aliphatic heterocycles. The van der Waals surface area contributed by atoms with E-state index in [-0.39, 0.29) is 11.8 Å². The van der Waals surface area contributed by atoms with Gasteiger partial charge < -0.3 is 0 Å². The molecule has 3 nitrogen and oxygen atoms in total. The number of hydrogen-bond acceptors (Lipinski definition) is 2. The van der Waals surface area contributed by atoms with Gasteiger partial charge in [-0.25, -0.2) is 8.42 Å². The Morgan fingerprint density at radius 2 is 2.10 bits per heavy atom. The van der Waals surface area contributed by atoms with Crippen LogP contribution >= 0.6 is 0 Å². The van der Waals surface area contributed by atoms with Crippen molar-refractivity contribution in [1.29, 1.82) is 0 Å². The first kappa shape index (κ1) is 8.01. The van der Waals surface area contributed by atoms with Crippen molar-refractivity contribution in [2.24, 2.45) is 0 Å². The smallest absolute Gasteiger partial charge is 0.211 e. The highest BCUT2D eigenvalue weighted by molar-refractivity contribution is 7.89. The second kappa shape index (κ2) is 2.88. The molecule has 0 bridgehead atoms. The topological polar surface area (TPSA) is 48.2 Å². The molecule has 0 heterocycles. The lowest BCUT2D eigenvalue weighted by Crippen LogP contribution is -2.34. The van der Waals surface area contributed by atoms with E-state index in [4.69, 9.17) is 0 Å². The molecule has 0 atom stereocenters. The predicted molar refractivity (Wildman–Crippen MR) is 39.2 cm³/mol. The first-order valence-corrected chi connectivity index (χ1v) is 5.20. The second-order valence-electron chi connectivity index (χ2n) is 2.56. The normalized spacial score (nSPS) is 20.5. The Morgan fingerprint density at radius 3 is 2.40 bits per heavy atom. The fourth-order valence-electron chi connectivity index (χ4n) is 0.794. The first-order valence-electron chi connectivity index (χ1n) is 3.59. The van der Waals surface area contributed by atoms with Crippen LogP contribution < -0.4 is 4.72 Å². The summed E-state index contributed by atoms with van der Waals surface area (Å²) in [4.78, 5) is 0. The van der Waals surface area contributed by atoms with Crippen LogP contribution in [0.2, 0.25) is 0 Å². The molecule has 1 aliphatic carbocycles. The average Bonchev–Trinajstić information content (AvgIpc) is 1.80. The molecule has 10 heavy (non-hydrogen) atoms. The quantitative estimate of drug-likeness (QED) is 0.606. The number of rotatable bonds is 3. The zero-order chi connectivity index (χ0) is 7.61. The molecule has 1 rings (SSSR count). The van der Waals surface area contributed by atoms with E-state index in [0.717, 1.165) is 19.3 Å². The van der Waals surface area contributed by atoms with Crippen molar-refractivity contribution < 1.29 is 8.42 Å². The molecular formula is C6H12NO2S. The molecule has 0 amide bonds. The summed E-state index contributed by atoms with van der Waals surface area (Å²) in [6.45, 7) is 1.62. The highest BCUT2D eigenvalue weighted by Crippen LogP contribution is 2.20. The average molecular weight is 162 g/mol. The summed E-state index contributed by atoms with van der Waals surface area (Å²) in [6.07, 6.45) is 3.05. The van der Waals surface area contributed by atoms with Crippen LogP contribution in [0.4, 0.5) is 0 Å². The summed E-state index contributed by atoms with van der Waals surface area (Å²) >= 11 is 0. The zero-order valence-electron chi connectivity index (χ0n) is 6.08. The molecule has 0 unspecified atom stereocenters. The Bertz CT molecular complexity index is 194. The molecule has 0 aromatic rings. The molecule has 1 radical (unpaired) electrons. The molecule has 0 saturated heterocycles. The van der Waals surface area contributed by atoms with Crippen molar-refractivity contribution in [2.75, 3.05) is 5.75 Å². The molecule has 1 aliphatic rings. The third kappa shape index (κ3) is 1.95. The Labute approximate surface area is 61.9 Å². The molecule has 0 aromatic heterocycles. The van der Waals surface area contributed by atoms with Crippen LogP contribution in [-0.2, 0) is 10.0 Å². The first-order chi connectivity index (χ1) is 4.64. The van der Waals surface area contributed by atoms with Gasteiger partial charge in [-0.3, -0.25) is 0 Å². The summed E-state index contributed by atoms with van der Waals surface area (Å²) in [7, 11) is -3.05. The SMILES string of the molecule is CCS(=O)(=O)[N]C1CCC1. The lowest BCUT2D eigenvalue weighted by atomic mass is 9.94. The molecule has 0 spiro atoms. The van der Waals surface area contributed by atoms with Crippen LogP contribution in [0.15, 0.2) is 0 Å². The van der Waals surface area contributed by atoms with E-state index in [9.17, 15) is 8.42 Å². The molecule has 0 aromatic carbocycles. The van der Waals surface area contributed by atoms with Crippen molar-refractivity contribution in [3.8, 4) is 0 Å². The maximum Gasteiger partial charge on any atom is 0.227 e. The highest BCUT2D eigenvalue weighted by atomic mass is 32.2. The highest BCUT2D eigenvalue weighted by Gasteiger charge is 2.23. The van der Waals surface area contributed by atoms with E-state index in [1.54, 1.807) is 6.92 Å². The number of nitrogens with zero attached hydrogens (tertiary/aromatic N) is 1. The summed E-state index contributed by atoms with van der Waals surface area (Å²) in [5.74, 6) is 0.142. The lowest BCUT2D eigenvalue weighted by Gasteiger charge is -2.23. The van der Waals surface area contributed by atoms with Crippen LogP contribution in [0.5, 0.6) is 0 Å². The van der Waals surface area contributed by atoms with Crippen molar-refractivity contribution >= 4 is 10.0 Å². The Kier molecular flexibility index (Phi) is 2.31. The molecule has 1 fully saturated rings. The monoisotopic (exact) mass is 162 g/mol. The van der Waals surface area contributed by atoms with E-state index in [1.807, 2.05) is 0 Å². The minimum Gasteiger partial charge on any atom is -0.211 e. The molecule has 0 N–H and O–H groups in total. The fourth-order valence-corrected chi connectivity index (χ4v) is 1.61. The van der Waals surface area contributed by atoms with Crippen LogP contribution in [-0.4, -0.2) is 20.2 Å². The number of sulfonamides is 1. The minimum atomic E-state index is -3.05. The molecule has 59 valence electrons. The van der Waals surface area contributed by atoms with Gasteiger partial charge in [-0.2, -0.15) is 0 Å². The van der Waals surface area contributed by atoms with E-state index in [2.05, 4.69) is 4.72 Å². The van der Waals surface area contributed by atoms with E-state index < -0.39 is 10.0 Å². The number of hydrogen-bond donors (Lipinski definition) is 0. The van der Waals surface area contributed by atoms with Gasteiger partial charge in [0.2, 0.25) is 10.0 Å². The van der Waals surface area contributed by atoms with Gasteiger partial charge in [0, 0.05) is 6.04 Å². The maximum absolute atomic E-state index is 10.8. The lowest BCUT2D eigenvalue weighted by molar-refractivity contribution is 0.379. The van der Waals surface area contributed by atoms with Crippen molar-refractivity contribution in [1.82, 2.24) is 4.72 Å². The maximum atomic E-state index is 10.8. The predicted octanol–water partition coefficient (Wildman–Crippen LogP) is 0.493. The molecule has 1 saturated carbocycles. The Morgan fingerprint density at radius 1 is 1.50 bits per heavy atom. The standard InChI is InChI=1S/C6H12NO2S/c1-2-10(8,9)7-6-4-3-5-6/h6H,2-5H2,1H3. The van der Waals surface area contributed by atoms with Gasteiger partial charge in [0.05, 0.1) is 5.75 Å². The van der Waals surface area contributed by atoms with Gasteiger partial charge in [-0.1, -0.05) is 6.42 Å². The van der Waals surface area contributed by atoms with Gasteiger partial charge >= 0.3 is 0 Å². The third-order valence-electron chi connectivity index (χ3n) is 1.75. The Hall–Kier alpha value is -0.0900. The fraction of sp³-hybridized carbons (Fsp3) is 1.00. The minimum absolute atomic E-state index is 0.116.